The Kier molecular flexibility index (Phi) is 5.61. The van der Waals surface area contributed by atoms with Crippen LogP contribution in [0.2, 0.25) is 0 Å². The molecule has 0 spiro atoms. The summed E-state index contributed by atoms with van der Waals surface area (Å²) in [5, 5.41) is 12.5. The molecule has 0 saturated heterocycles. The monoisotopic (exact) mass is 241 g/mol. The van der Waals surface area contributed by atoms with Crippen molar-refractivity contribution in [2.45, 2.75) is 26.1 Å². The standard InChI is InChI=1S/C10H19N5O2/c1-3-7(16)5-12-8-4-9(15-11)14-10(13-8)6-17-2/h4,7,16H,3,5-6,11H2,1-2H3,(H2,12,13,14,15). The molecule has 0 amide bonds. The first-order chi connectivity index (χ1) is 8.19. The molecule has 7 heteroatoms. The van der Waals surface area contributed by atoms with Crippen LogP contribution in [0.5, 0.6) is 0 Å². The number of hydrazine groups is 1. The van der Waals surface area contributed by atoms with Crippen LogP contribution in [0.15, 0.2) is 6.07 Å². The van der Waals surface area contributed by atoms with Crippen molar-refractivity contribution in [1.29, 1.82) is 0 Å². The summed E-state index contributed by atoms with van der Waals surface area (Å²) in [5.74, 6) is 6.94. The Hall–Kier alpha value is -1.44. The van der Waals surface area contributed by atoms with Gasteiger partial charge in [0.1, 0.15) is 18.2 Å². The third-order valence-corrected chi connectivity index (χ3v) is 2.18. The summed E-state index contributed by atoms with van der Waals surface area (Å²) in [6.07, 6.45) is 0.287. The van der Waals surface area contributed by atoms with E-state index >= 15 is 0 Å². The minimum absolute atomic E-state index is 0.306. The van der Waals surface area contributed by atoms with Crippen molar-refractivity contribution < 1.29 is 9.84 Å². The second-order valence-electron chi connectivity index (χ2n) is 3.57. The number of nitrogens with one attached hydrogen (secondary N) is 2. The van der Waals surface area contributed by atoms with Gasteiger partial charge in [-0.3, -0.25) is 0 Å². The Labute approximate surface area is 100 Å². The van der Waals surface area contributed by atoms with Crippen molar-refractivity contribution in [3.8, 4) is 0 Å². The van der Waals surface area contributed by atoms with E-state index in [9.17, 15) is 5.11 Å². The Morgan fingerprint density at radius 2 is 2.18 bits per heavy atom. The summed E-state index contributed by atoms with van der Waals surface area (Å²) in [4.78, 5) is 8.34. The minimum Gasteiger partial charge on any atom is -0.391 e. The third kappa shape index (κ3) is 4.51. The molecule has 96 valence electrons. The van der Waals surface area contributed by atoms with Crippen LogP contribution in [-0.4, -0.2) is 34.8 Å². The van der Waals surface area contributed by atoms with Gasteiger partial charge in [0.25, 0.3) is 0 Å². The van der Waals surface area contributed by atoms with Gasteiger partial charge in [0.2, 0.25) is 0 Å². The molecular weight excluding hydrogens is 222 g/mol. The van der Waals surface area contributed by atoms with Crippen molar-refractivity contribution in [1.82, 2.24) is 9.97 Å². The topological polar surface area (TPSA) is 105 Å². The minimum atomic E-state index is -0.398. The number of anilines is 2. The van der Waals surface area contributed by atoms with Crippen molar-refractivity contribution in [3.05, 3.63) is 11.9 Å². The van der Waals surface area contributed by atoms with Crippen LogP contribution in [0, 0.1) is 0 Å². The van der Waals surface area contributed by atoms with Crippen LogP contribution < -0.4 is 16.6 Å². The fourth-order valence-corrected chi connectivity index (χ4v) is 1.22. The summed E-state index contributed by atoms with van der Waals surface area (Å²) >= 11 is 0. The normalized spacial score (nSPS) is 12.2. The molecule has 1 aromatic heterocycles. The van der Waals surface area contributed by atoms with Gasteiger partial charge in [0.15, 0.2) is 5.82 Å². The highest BCUT2D eigenvalue weighted by atomic mass is 16.5. The first-order valence-electron chi connectivity index (χ1n) is 5.45. The molecule has 17 heavy (non-hydrogen) atoms. The number of rotatable bonds is 7. The summed E-state index contributed by atoms with van der Waals surface area (Å²) in [7, 11) is 1.57. The highest BCUT2D eigenvalue weighted by molar-refractivity contribution is 5.46. The SMILES string of the molecule is CCC(O)CNc1cc(NN)nc(COC)n1. The zero-order chi connectivity index (χ0) is 12.7. The smallest absolute Gasteiger partial charge is 0.158 e. The molecule has 0 saturated carbocycles. The maximum atomic E-state index is 9.45. The van der Waals surface area contributed by atoms with Gasteiger partial charge in [0, 0.05) is 19.7 Å². The fourth-order valence-electron chi connectivity index (χ4n) is 1.22. The largest absolute Gasteiger partial charge is 0.391 e. The van der Waals surface area contributed by atoms with E-state index in [1.807, 2.05) is 6.92 Å². The lowest BCUT2D eigenvalue weighted by Gasteiger charge is -2.12. The molecule has 0 aromatic carbocycles. The average Bonchev–Trinajstić information content (AvgIpc) is 2.36. The Bertz CT molecular complexity index is 347. The average molecular weight is 241 g/mol. The maximum absolute atomic E-state index is 9.45. The second kappa shape index (κ2) is 7.00. The Balaban J connectivity index is 2.72. The van der Waals surface area contributed by atoms with E-state index in [2.05, 4.69) is 20.7 Å². The summed E-state index contributed by atoms with van der Waals surface area (Å²) in [6, 6.07) is 1.67. The molecule has 1 heterocycles. The quantitative estimate of drug-likeness (QED) is 0.396. The Morgan fingerprint density at radius 1 is 1.47 bits per heavy atom. The van der Waals surface area contributed by atoms with E-state index in [4.69, 9.17) is 10.6 Å². The van der Waals surface area contributed by atoms with E-state index in [-0.39, 0.29) is 0 Å². The van der Waals surface area contributed by atoms with E-state index in [0.29, 0.717) is 37.0 Å². The summed E-state index contributed by atoms with van der Waals surface area (Å²) in [5.41, 5.74) is 2.46. The molecule has 7 nitrogen and oxygen atoms in total. The number of hydrogen-bond acceptors (Lipinski definition) is 7. The number of hydrogen-bond donors (Lipinski definition) is 4. The Morgan fingerprint density at radius 3 is 2.76 bits per heavy atom. The third-order valence-electron chi connectivity index (χ3n) is 2.18. The van der Waals surface area contributed by atoms with Crippen LogP contribution in [0.4, 0.5) is 11.6 Å². The van der Waals surface area contributed by atoms with Crippen LogP contribution in [0.25, 0.3) is 0 Å². The van der Waals surface area contributed by atoms with Crippen molar-refractivity contribution in [3.63, 3.8) is 0 Å². The van der Waals surface area contributed by atoms with Crippen molar-refractivity contribution >= 4 is 11.6 Å². The van der Waals surface area contributed by atoms with Crippen LogP contribution in [-0.2, 0) is 11.3 Å². The molecule has 1 rings (SSSR count). The molecule has 1 atom stereocenters. The highest BCUT2D eigenvalue weighted by Crippen LogP contribution is 2.11. The van der Waals surface area contributed by atoms with E-state index in [1.165, 1.54) is 0 Å². The number of ether oxygens (including phenoxy) is 1. The zero-order valence-electron chi connectivity index (χ0n) is 10.1. The number of methoxy groups -OCH3 is 1. The van der Waals surface area contributed by atoms with Gasteiger partial charge in [0.05, 0.1) is 6.10 Å². The molecule has 0 radical (unpaired) electrons. The number of nitrogens with zero attached hydrogens (tertiary/aromatic N) is 2. The van der Waals surface area contributed by atoms with Gasteiger partial charge in [-0.15, -0.1) is 0 Å². The summed E-state index contributed by atoms with van der Waals surface area (Å²) < 4.78 is 4.96. The zero-order valence-corrected chi connectivity index (χ0v) is 10.1. The molecular formula is C10H19N5O2. The van der Waals surface area contributed by atoms with Crippen molar-refractivity contribution in [2.24, 2.45) is 5.84 Å². The van der Waals surface area contributed by atoms with Gasteiger partial charge in [-0.05, 0) is 6.42 Å². The number of nitrogens with two attached hydrogens (primary N) is 1. The number of aliphatic hydroxyl groups excluding tert-OH is 1. The lowest BCUT2D eigenvalue weighted by molar-refractivity contribution is 0.177. The van der Waals surface area contributed by atoms with E-state index < -0.39 is 6.10 Å². The van der Waals surface area contributed by atoms with Gasteiger partial charge < -0.3 is 20.6 Å². The predicted octanol–water partition coefficient (Wildman–Crippen LogP) is 0.0914. The lowest BCUT2D eigenvalue weighted by atomic mass is 10.3. The molecule has 0 aliphatic carbocycles. The molecule has 0 bridgehead atoms. The molecule has 0 fully saturated rings. The molecule has 0 aliphatic rings. The van der Waals surface area contributed by atoms with Gasteiger partial charge in [-0.1, -0.05) is 6.92 Å². The number of aromatic nitrogens is 2. The lowest BCUT2D eigenvalue weighted by Crippen LogP contribution is -2.20. The second-order valence-corrected chi connectivity index (χ2v) is 3.57. The van der Waals surface area contributed by atoms with Crippen LogP contribution >= 0.6 is 0 Å². The van der Waals surface area contributed by atoms with Crippen LogP contribution in [0.1, 0.15) is 19.2 Å². The van der Waals surface area contributed by atoms with Crippen LogP contribution in [0.3, 0.4) is 0 Å². The van der Waals surface area contributed by atoms with E-state index in [1.54, 1.807) is 13.2 Å². The van der Waals surface area contributed by atoms with E-state index in [0.717, 1.165) is 0 Å². The number of nitrogen functional groups attached to an aromatic ring is 1. The molecule has 1 unspecified atom stereocenters. The van der Waals surface area contributed by atoms with Gasteiger partial charge in [-0.2, -0.15) is 0 Å². The molecule has 1 aromatic rings. The van der Waals surface area contributed by atoms with Crippen molar-refractivity contribution in [2.75, 3.05) is 24.4 Å². The maximum Gasteiger partial charge on any atom is 0.158 e. The predicted molar refractivity (Wildman–Crippen MR) is 65.3 cm³/mol. The van der Waals surface area contributed by atoms with Gasteiger partial charge in [-0.25, -0.2) is 15.8 Å². The first-order valence-corrected chi connectivity index (χ1v) is 5.45. The molecule has 5 N–H and O–H groups in total. The number of aliphatic hydroxyl groups is 1. The summed E-state index contributed by atoms with van der Waals surface area (Å²) in [6.45, 7) is 2.65. The molecule has 0 aliphatic heterocycles. The highest BCUT2D eigenvalue weighted by Gasteiger charge is 2.05. The first kappa shape index (κ1) is 13.6. The fraction of sp³-hybridized carbons (Fsp3) is 0.600. The van der Waals surface area contributed by atoms with Gasteiger partial charge >= 0.3 is 0 Å².